The SMILES string of the molecule is O=C(Nc1ccc(Cl)cc1)c1c[nH]c(=O)cc1O. The highest BCUT2D eigenvalue weighted by atomic mass is 35.5. The van der Waals surface area contributed by atoms with E-state index in [9.17, 15) is 14.7 Å². The van der Waals surface area contributed by atoms with Crippen LogP contribution in [0.25, 0.3) is 0 Å². The number of anilines is 1. The molecule has 0 radical (unpaired) electrons. The lowest BCUT2D eigenvalue weighted by molar-refractivity contribution is 0.102. The first-order valence-corrected chi connectivity index (χ1v) is 5.42. The molecule has 1 heterocycles. The lowest BCUT2D eigenvalue weighted by Gasteiger charge is -2.06. The summed E-state index contributed by atoms with van der Waals surface area (Å²) in [6.45, 7) is 0. The zero-order chi connectivity index (χ0) is 13.1. The normalized spacial score (nSPS) is 10.1. The fraction of sp³-hybridized carbons (Fsp3) is 0. The lowest BCUT2D eigenvalue weighted by atomic mass is 10.2. The number of rotatable bonds is 2. The number of carbonyl (C=O) groups excluding carboxylic acids is 1. The van der Waals surface area contributed by atoms with Crippen LogP contribution in [0.3, 0.4) is 0 Å². The van der Waals surface area contributed by atoms with Gasteiger partial charge in [-0.2, -0.15) is 0 Å². The van der Waals surface area contributed by atoms with Crippen LogP contribution in [0.5, 0.6) is 5.75 Å². The number of H-pyrrole nitrogens is 1. The van der Waals surface area contributed by atoms with E-state index in [2.05, 4.69) is 10.3 Å². The molecular formula is C12H9ClN2O3. The van der Waals surface area contributed by atoms with Crippen molar-refractivity contribution < 1.29 is 9.90 Å². The molecular weight excluding hydrogens is 256 g/mol. The summed E-state index contributed by atoms with van der Waals surface area (Å²) < 4.78 is 0. The summed E-state index contributed by atoms with van der Waals surface area (Å²) in [4.78, 5) is 25.0. The van der Waals surface area contributed by atoms with Crippen LogP contribution in [0.1, 0.15) is 10.4 Å². The third-order valence-corrected chi connectivity index (χ3v) is 2.50. The van der Waals surface area contributed by atoms with Gasteiger partial charge in [-0.25, -0.2) is 0 Å². The first kappa shape index (κ1) is 12.2. The van der Waals surface area contributed by atoms with Crippen molar-refractivity contribution in [2.45, 2.75) is 0 Å². The molecule has 18 heavy (non-hydrogen) atoms. The van der Waals surface area contributed by atoms with Gasteiger partial charge in [-0.15, -0.1) is 0 Å². The summed E-state index contributed by atoms with van der Waals surface area (Å²) in [6, 6.07) is 7.45. The zero-order valence-corrected chi connectivity index (χ0v) is 9.86. The van der Waals surface area contributed by atoms with E-state index in [1.54, 1.807) is 24.3 Å². The quantitative estimate of drug-likeness (QED) is 0.776. The number of pyridine rings is 1. The molecule has 0 aliphatic carbocycles. The highest BCUT2D eigenvalue weighted by Crippen LogP contribution is 2.17. The predicted molar refractivity (Wildman–Crippen MR) is 68.1 cm³/mol. The molecule has 5 nitrogen and oxygen atoms in total. The standard InChI is InChI=1S/C12H9ClN2O3/c13-7-1-3-8(4-2-7)15-12(18)9-6-14-11(17)5-10(9)16/h1-6H,(H,15,18)(H2,14,16,17). The monoisotopic (exact) mass is 264 g/mol. The van der Waals surface area contributed by atoms with E-state index in [1.807, 2.05) is 0 Å². The van der Waals surface area contributed by atoms with Gasteiger partial charge in [-0.1, -0.05) is 11.6 Å². The van der Waals surface area contributed by atoms with Crippen molar-refractivity contribution in [3.63, 3.8) is 0 Å². The fourth-order valence-corrected chi connectivity index (χ4v) is 1.50. The smallest absolute Gasteiger partial charge is 0.260 e. The molecule has 1 aromatic heterocycles. The topological polar surface area (TPSA) is 82.2 Å². The Morgan fingerprint density at radius 2 is 1.94 bits per heavy atom. The Labute approximate surface area is 107 Å². The maximum atomic E-state index is 11.8. The molecule has 0 fully saturated rings. The van der Waals surface area contributed by atoms with Crippen LogP contribution >= 0.6 is 11.6 Å². The van der Waals surface area contributed by atoms with Gasteiger partial charge in [0.05, 0.1) is 5.56 Å². The Kier molecular flexibility index (Phi) is 3.34. The maximum Gasteiger partial charge on any atom is 0.260 e. The number of aromatic amines is 1. The summed E-state index contributed by atoms with van der Waals surface area (Å²) >= 11 is 5.72. The van der Waals surface area contributed by atoms with E-state index in [4.69, 9.17) is 11.6 Å². The van der Waals surface area contributed by atoms with E-state index in [1.165, 1.54) is 0 Å². The molecule has 3 N–H and O–H groups in total. The number of amides is 1. The van der Waals surface area contributed by atoms with Crippen molar-refractivity contribution in [3.8, 4) is 5.75 Å². The van der Waals surface area contributed by atoms with Crippen LogP contribution in [0.15, 0.2) is 41.3 Å². The zero-order valence-electron chi connectivity index (χ0n) is 9.11. The van der Waals surface area contributed by atoms with E-state index in [-0.39, 0.29) is 11.3 Å². The highest BCUT2D eigenvalue weighted by Gasteiger charge is 2.11. The number of aromatic hydroxyl groups is 1. The minimum absolute atomic E-state index is 0.00968. The van der Waals surface area contributed by atoms with Gasteiger partial charge < -0.3 is 15.4 Å². The van der Waals surface area contributed by atoms with E-state index in [0.29, 0.717) is 10.7 Å². The molecule has 1 amide bonds. The van der Waals surface area contributed by atoms with Gasteiger partial charge in [0.15, 0.2) is 0 Å². The van der Waals surface area contributed by atoms with Gasteiger partial charge in [0.1, 0.15) is 5.75 Å². The second-order valence-electron chi connectivity index (χ2n) is 3.56. The van der Waals surface area contributed by atoms with E-state index >= 15 is 0 Å². The van der Waals surface area contributed by atoms with Crippen molar-refractivity contribution in [2.24, 2.45) is 0 Å². The molecule has 0 bridgehead atoms. The number of nitrogens with one attached hydrogen (secondary N) is 2. The Morgan fingerprint density at radius 3 is 2.56 bits per heavy atom. The predicted octanol–water partition coefficient (Wildman–Crippen LogP) is 1.99. The first-order chi connectivity index (χ1) is 8.56. The molecule has 92 valence electrons. The average Bonchev–Trinajstić information content (AvgIpc) is 2.32. The van der Waals surface area contributed by atoms with Crippen LogP contribution < -0.4 is 10.9 Å². The molecule has 2 rings (SSSR count). The summed E-state index contributed by atoms with van der Waals surface area (Å²) in [5.41, 5.74) is 0.0510. The molecule has 0 saturated heterocycles. The molecule has 0 saturated carbocycles. The van der Waals surface area contributed by atoms with Crippen molar-refractivity contribution in [2.75, 3.05) is 5.32 Å². The fourth-order valence-electron chi connectivity index (χ4n) is 1.37. The van der Waals surface area contributed by atoms with Crippen LogP contribution in [0.4, 0.5) is 5.69 Å². The molecule has 1 aromatic carbocycles. The number of hydrogen-bond acceptors (Lipinski definition) is 3. The summed E-state index contributed by atoms with van der Waals surface area (Å²) in [7, 11) is 0. The van der Waals surface area contributed by atoms with Crippen molar-refractivity contribution >= 4 is 23.2 Å². The number of halogens is 1. The third-order valence-electron chi connectivity index (χ3n) is 2.25. The van der Waals surface area contributed by atoms with E-state index in [0.717, 1.165) is 12.3 Å². The van der Waals surface area contributed by atoms with Gasteiger partial charge >= 0.3 is 0 Å². The Bertz CT molecular complexity index is 635. The Balaban J connectivity index is 2.22. The highest BCUT2D eigenvalue weighted by molar-refractivity contribution is 6.30. The third kappa shape index (κ3) is 2.70. The van der Waals surface area contributed by atoms with Gasteiger partial charge in [0.25, 0.3) is 11.5 Å². The van der Waals surface area contributed by atoms with Crippen LogP contribution in [-0.2, 0) is 0 Å². The molecule has 0 spiro atoms. The van der Waals surface area contributed by atoms with Crippen LogP contribution in [0.2, 0.25) is 5.02 Å². The first-order valence-electron chi connectivity index (χ1n) is 5.05. The van der Waals surface area contributed by atoms with Gasteiger partial charge in [-0.05, 0) is 24.3 Å². The minimum atomic E-state index is -0.522. The second kappa shape index (κ2) is 4.93. The van der Waals surface area contributed by atoms with Crippen molar-refractivity contribution in [1.29, 1.82) is 0 Å². The van der Waals surface area contributed by atoms with Gasteiger partial charge in [0.2, 0.25) is 0 Å². The van der Waals surface area contributed by atoms with Crippen molar-refractivity contribution in [1.82, 2.24) is 4.98 Å². The molecule has 2 aromatic rings. The number of carbonyl (C=O) groups is 1. The second-order valence-corrected chi connectivity index (χ2v) is 3.99. The van der Waals surface area contributed by atoms with E-state index < -0.39 is 11.5 Å². The van der Waals surface area contributed by atoms with Crippen molar-refractivity contribution in [3.05, 3.63) is 57.5 Å². The minimum Gasteiger partial charge on any atom is -0.507 e. The van der Waals surface area contributed by atoms with Crippen LogP contribution in [-0.4, -0.2) is 16.0 Å². The molecule has 0 atom stereocenters. The number of aromatic nitrogens is 1. The molecule has 0 unspecified atom stereocenters. The summed E-state index contributed by atoms with van der Waals surface area (Å²) in [5, 5.41) is 12.6. The average molecular weight is 265 g/mol. The Hall–Kier alpha value is -2.27. The maximum absolute atomic E-state index is 11.8. The molecule has 0 aliphatic rings. The summed E-state index contributed by atoms with van der Waals surface area (Å²) in [5.74, 6) is -0.892. The molecule has 6 heteroatoms. The lowest BCUT2D eigenvalue weighted by Crippen LogP contribution is -2.15. The number of benzene rings is 1. The largest absolute Gasteiger partial charge is 0.507 e. The number of hydrogen-bond donors (Lipinski definition) is 3. The van der Waals surface area contributed by atoms with Gasteiger partial charge in [-0.3, -0.25) is 9.59 Å². The molecule has 0 aliphatic heterocycles. The summed E-state index contributed by atoms with van der Waals surface area (Å²) in [6.07, 6.45) is 1.16. The van der Waals surface area contributed by atoms with Gasteiger partial charge in [0, 0.05) is 23.0 Å². The Morgan fingerprint density at radius 1 is 1.28 bits per heavy atom. The van der Waals surface area contributed by atoms with Crippen LogP contribution in [0, 0.1) is 0 Å².